The Morgan fingerprint density at radius 3 is 1.61 bits per heavy atom. The Morgan fingerprint density at radius 1 is 0.788 bits per heavy atom. The van der Waals surface area contributed by atoms with Crippen LogP contribution in [0, 0.1) is 0 Å². The monoisotopic (exact) mass is 441 g/mol. The van der Waals surface area contributed by atoms with Crippen molar-refractivity contribution >= 4 is 12.0 Å². The SMILES string of the molecule is CC(C)(C)c1cc(/C=C/C(=O)NC(c2ccccc2)c2ccccc2)cc(C(C)(C)C)c1O. The van der Waals surface area contributed by atoms with Crippen LogP contribution in [0.3, 0.4) is 0 Å². The van der Waals surface area contributed by atoms with E-state index in [4.69, 9.17) is 0 Å². The third-order valence-corrected chi connectivity index (χ3v) is 5.73. The van der Waals surface area contributed by atoms with Crippen molar-refractivity contribution in [3.63, 3.8) is 0 Å². The number of hydrogen-bond acceptors (Lipinski definition) is 2. The van der Waals surface area contributed by atoms with Crippen LogP contribution in [0.5, 0.6) is 5.75 Å². The minimum Gasteiger partial charge on any atom is -0.507 e. The van der Waals surface area contributed by atoms with Gasteiger partial charge in [-0.3, -0.25) is 4.79 Å². The molecule has 0 heterocycles. The van der Waals surface area contributed by atoms with Gasteiger partial charge >= 0.3 is 0 Å². The highest BCUT2D eigenvalue weighted by Gasteiger charge is 2.26. The summed E-state index contributed by atoms with van der Waals surface area (Å²) >= 11 is 0. The fourth-order valence-corrected chi connectivity index (χ4v) is 3.91. The summed E-state index contributed by atoms with van der Waals surface area (Å²) in [7, 11) is 0. The number of hydrogen-bond donors (Lipinski definition) is 2. The van der Waals surface area contributed by atoms with E-state index in [1.165, 1.54) is 0 Å². The quantitative estimate of drug-likeness (QED) is 0.423. The summed E-state index contributed by atoms with van der Waals surface area (Å²) in [4.78, 5) is 13.0. The van der Waals surface area contributed by atoms with Crippen molar-refractivity contribution in [2.24, 2.45) is 0 Å². The molecule has 0 saturated carbocycles. The molecule has 3 rings (SSSR count). The third kappa shape index (κ3) is 6.13. The lowest BCUT2D eigenvalue weighted by atomic mass is 9.78. The van der Waals surface area contributed by atoms with E-state index in [-0.39, 0.29) is 22.8 Å². The predicted octanol–water partition coefficient (Wildman–Crippen LogP) is 6.91. The van der Waals surface area contributed by atoms with Crippen LogP contribution in [-0.2, 0) is 15.6 Å². The number of carbonyl (C=O) groups excluding carboxylic acids is 1. The summed E-state index contributed by atoms with van der Waals surface area (Å²) in [5.74, 6) is 0.167. The molecule has 0 saturated heterocycles. The molecule has 0 unspecified atom stereocenters. The van der Waals surface area contributed by atoms with Crippen LogP contribution < -0.4 is 5.32 Å². The first-order valence-electron chi connectivity index (χ1n) is 11.4. The van der Waals surface area contributed by atoms with Gasteiger partial charge in [-0.05, 0) is 45.7 Å². The second-order valence-corrected chi connectivity index (χ2v) is 10.6. The van der Waals surface area contributed by atoms with Crippen LogP contribution >= 0.6 is 0 Å². The molecule has 2 N–H and O–H groups in total. The van der Waals surface area contributed by atoms with E-state index in [2.05, 4.69) is 46.9 Å². The second-order valence-electron chi connectivity index (χ2n) is 10.6. The molecule has 0 aliphatic carbocycles. The maximum atomic E-state index is 13.0. The van der Waals surface area contributed by atoms with Crippen LogP contribution in [0.25, 0.3) is 6.08 Å². The molecule has 0 aromatic heterocycles. The zero-order valence-corrected chi connectivity index (χ0v) is 20.5. The zero-order chi connectivity index (χ0) is 24.2. The molecule has 3 nitrogen and oxygen atoms in total. The molecular weight excluding hydrogens is 406 g/mol. The number of nitrogens with one attached hydrogen (secondary N) is 1. The lowest BCUT2D eigenvalue weighted by Crippen LogP contribution is -2.27. The van der Waals surface area contributed by atoms with Gasteiger partial charge in [0.2, 0.25) is 5.91 Å². The van der Waals surface area contributed by atoms with Crippen molar-refractivity contribution in [2.75, 3.05) is 0 Å². The van der Waals surface area contributed by atoms with Gasteiger partial charge in [0.1, 0.15) is 5.75 Å². The lowest BCUT2D eigenvalue weighted by Gasteiger charge is -2.27. The highest BCUT2D eigenvalue weighted by Crippen LogP contribution is 2.40. The number of amides is 1. The molecule has 3 heteroatoms. The Balaban J connectivity index is 1.92. The summed E-state index contributed by atoms with van der Waals surface area (Å²) in [6.07, 6.45) is 3.40. The number of phenolic OH excluding ortho intramolecular Hbond substituents is 1. The summed E-state index contributed by atoms with van der Waals surface area (Å²) in [5, 5.41) is 14.1. The van der Waals surface area contributed by atoms with Gasteiger partial charge < -0.3 is 10.4 Å². The smallest absolute Gasteiger partial charge is 0.244 e. The number of aromatic hydroxyl groups is 1. The Labute approximate surface area is 198 Å². The van der Waals surface area contributed by atoms with E-state index in [0.717, 1.165) is 27.8 Å². The van der Waals surface area contributed by atoms with Gasteiger partial charge in [0, 0.05) is 17.2 Å². The van der Waals surface area contributed by atoms with Gasteiger partial charge in [0.25, 0.3) is 0 Å². The topological polar surface area (TPSA) is 49.3 Å². The van der Waals surface area contributed by atoms with E-state index in [0.29, 0.717) is 5.75 Å². The summed E-state index contributed by atoms with van der Waals surface area (Å²) in [5.41, 5.74) is 4.26. The molecule has 0 fully saturated rings. The Kier molecular flexibility index (Phi) is 7.12. The van der Waals surface area contributed by atoms with Crippen LogP contribution in [0.4, 0.5) is 0 Å². The first-order valence-corrected chi connectivity index (χ1v) is 11.4. The fourth-order valence-electron chi connectivity index (χ4n) is 3.91. The van der Waals surface area contributed by atoms with E-state index in [9.17, 15) is 9.90 Å². The van der Waals surface area contributed by atoms with Gasteiger partial charge in [-0.1, -0.05) is 102 Å². The Morgan fingerprint density at radius 2 is 1.21 bits per heavy atom. The lowest BCUT2D eigenvalue weighted by molar-refractivity contribution is -0.116. The maximum Gasteiger partial charge on any atom is 0.244 e. The molecule has 3 aromatic rings. The molecule has 0 spiro atoms. The second kappa shape index (κ2) is 9.66. The maximum absolute atomic E-state index is 13.0. The molecule has 0 atom stereocenters. The minimum absolute atomic E-state index is 0.171. The first kappa shape index (κ1) is 24.3. The number of benzene rings is 3. The summed E-state index contributed by atoms with van der Waals surface area (Å²) in [6.45, 7) is 12.5. The molecule has 172 valence electrons. The van der Waals surface area contributed by atoms with Crippen molar-refractivity contribution in [3.8, 4) is 5.75 Å². The van der Waals surface area contributed by atoms with Crippen LogP contribution in [0.1, 0.15) is 75.4 Å². The highest BCUT2D eigenvalue weighted by molar-refractivity contribution is 5.92. The minimum atomic E-state index is -0.236. The zero-order valence-electron chi connectivity index (χ0n) is 20.5. The normalized spacial score (nSPS) is 12.3. The van der Waals surface area contributed by atoms with Crippen LogP contribution in [0.2, 0.25) is 0 Å². The van der Waals surface area contributed by atoms with Gasteiger partial charge in [-0.2, -0.15) is 0 Å². The van der Waals surface area contributed by atoms with Crippen LogP contribution in [0.15, 0.2) is 78.9 Å². The summed E-state index contributed by atoms with van der Waals surface area (Å²) < 4.78 is 0. The highest BCUT2D eigenvalue weighted by atomic mass is 16.3. The van der Waals surface area contributed by atoms with Gasteiger partial charge in [-0.25, -0.2) is 0 Å². The number of rotatable bonds is 5. The number of phenols is 1. The Bertz CT molecular complexity index is 1040. The van der Waals surface area contributed by atoms with Crippen molar-refractivity contribution in [1.29, 1.82) is 0 Å². The average Bonchev–Trinajstić information content (AvgIpc) is 2.76. The molecule has 33 heavy (non-hydrogen) atoms. The van der Waals surface area contributed by atoms with Crippen LogP contribution in [-0.4, -0.2) is 11.0 Å². The van der Waals surface area contributed by atoms with E-state index < -0.39 is 0 Å². The summed E-state index contributed by atoms with van der Waals surface area (Å²) in [6, 6.07) is 23.6. The van der Waals surface area contributed by atoms with Crippen molar-refractivity contribution in [1.82, 2.24) is 5.32 Å². The molecule has 0 radical (unpaired) electrons. The molecule has 3 aromatic carbocycles. The van der Waals surface area contributed by atoms with Crippen molar-refractivity contribution in [3.05, 3.63) is 107 Å². The number of carbonyl (C=O) groups is 1. The largest absolute Gasteiger partial charge is 0.507 e. The van der Waals surface area contributed by atoms with Gasteiger partial charge in [0.15, 0.2) is 0 Å². The first-order chi connectivity index (χ1) is 15.5. The Hall–Kier alpha value is -3.33. The van der Waals surface area contributed by atoms with Gasteiger partial charge in [0.05, 0.1) is 6.04 Å². The third-order valence-electron chi connectivity index (χ3n) is 5.73. The fraction of sp³-hybridized carbons (Fsp3) is 0.300. The van der Waals surface area contributed by atoms with E-state index in [1.54, 1.807) is 6.08 Å². The molecule has 1 amide bonds. The van der Waals surface area contributed by atoms with Crippen molar-refractivity contribution < 1.29 is 9.90 Å². The van der Waals surface area contributed by atoms with E-state index in [1.807, 2.05) is 78.9 Å². The standard InChI is InChI=1S/C30H35NO2/c1-29(2,3)24-19-21(20-25(28(24)33)30(4,5)6)17-18-26(32)31-27(22-13-9-7-10-14-22)23-15-11-8-12-16-23/h7-20,27,33H,1-6H3,(H,31,32)/b18-17+. The average molecular weight is 442 g/mol. The molecular formula is C30H35NO2. The molecule has 0 aliphatic heterocycles. The molecule has 0 aliphatic rings. The van der Waals surface area contributed by atoms with E-state index >= 15 is 0 Å². The predicted molar refractivity (Wildman–Crippen MR) is 137 cm³/mol. The van der Waals surface area contributed by atoms with Gasteiger partial charge in [-0.15, -0.1) is 0 Å². The molecule has 0 bridgehead atoms. The van der Waals surface area contributed by atoms with Crippen molar-refractivity contribution in [2.45, 2.75) is 58.4 Å².